The first-order chi connectivity index (χ1) is 7.95. The topological polar surface area (TPSA) is 68.2 Å². The molecule has 5 heteroatoms. The van der Waals surface area contributed by atoms with Crippen LogP contribution in [0.1, 0.15) is 27.7 Å². The first-order valence-electron chi connectivity index (χ1n) is 5.67. The highest BCUT2D eigenvalue weighted by atomic mass is 16.7. The van der Waals surface area contributed by atoms with Crippen molar-refractivity contribution < 1.29 is 24.4 Å². The summed E-state index contributed by atoms with van der Waals surface area (Å²) in [6.07, 6.45) is -1.12. The molecule has 0 aliphatic rings. The smallest absolute Gasteiger partial charge is 0.331 e. The molecule has 0 rings (SSSR count). The third-order valence-electron chi connectivity index (χ3n) is 1.55. The Morgan fingerprint density at radius 2 is 1.59 bits per heavy atom. The quantitative estimate of drug-likeness (QED) is 0.497. The summed E-state index contributed by atoms with van der Waals surface area (Å²) in [6, 6.07) is 0. The van der Waals surface area contributed by atoms with Crippen LogP contribution in [0.3, 0.4) is 0 Å². The number of ether oxygens (including phenoxy) is 3. The molecule has 0 aromatic carbocycles. The first kappa shape index (κ1) is 15.8. The fourth-order valence-electron chi connectivity index (χ4n) is 0.867. The van der Waals surface area contributed by atoms with E-state index in [4.69, 9.17) is 24.4 Å². The molecule has 100 valence electrons. The van der Waals surface area contributed by atoms with Gasteiger partial charge in [-0.15, -0.1) is 0 Å². The Morgan fingerprint density at radius 3 is 2.06 bits per heavy atom. The lowest BCUT2D eigenvalue weighted by atomic mass is 10.4. The van der Waals surface area contributed by atoms with Gasteiger partial charge in [-0.2, -0.15) is 0 Å². The number of hydrogen-bond acceptors (Lipinski definition) is 5. The molecule has 0 spiro atoms. The Morgan fingerprint density at radius 1 is 1.06 bits per heavy atom. The molecule has 2 unspecified atom stereocenters. The summed E-state index contributed by atoms with van der Waals surface area (Å²) in [7, 11) is 0. The van der Waals surface area contributed by atoms with Gasteiger partial charge in [0.1, 0.15) is 19.0 Å². The van der Waals surface area contributed by atoms with E-state index in [2.05, 4.69) is 5.73 Å². The predicted molar refractivity (Wildman–Crippen MR) is 63.1 cm³/mol. The summed E-state index contributed by atoms with van der Waals surface area (Å²) in [6.45, 7) is 7.51. The molecule has 0 aliphatic heterocycles. The normalized spacial score (nSPS) is 13.3. The number of rotatable bonds is 8. The molecule has 0 radical (unpaired) electrons. The largest absolute Gasteiger partial charge is 0.487 e. The predicted octanol–water partition coefficient (Wildman–Crippen LogP) is 1.16. The third-order valence-corrected chi connectivity index (χ3v) is 1.55. The van der Waals surface area contributed by atoms with E-state index in [0.29, 0.717) is 12.4 Å². The Bertz CT molecular complexity index is 264. The monoisotopic (exact) mass is 246 g/mol. The molecule has 2 N–H and O–H groups in total. The molecular weight excluding hydrogens is 224 g/mol. The van der Waals surface area contributed by atoms with Gasteiger partial charge in [-0.1, -0.05) is 0 Å². The molecule has 0 bridgehead atoms. The number of aliphatic hydroxyl groups is 2. The van der Waals surface area contributed by atoms with E-state index in [-0.39, 0.29) is 19.2 Å². The van der Waals surface area contributed by atoms with E-state index >= 15 is 0 Å². The number of allylic oxidation sites excluding steroid dienone is 1. The molecule has 0 aliphatic carbocycles. The van der Waals surface area contributed by atoms with Crippen LogP contribution in [0.5, 0.6) is 0 Å². The van der Waals surface area contributed by atoms with Crippen molar-refractivity contribution in [3.05, 3.63) is 17.4 Å². The van der Waals surface area contributed by atoms with Crippen LogP contribution in [-0.2, 0) is 14.2 Å². The second kappa shape index (κ2) is 8.93. The van der Waals surface area contributed by atoms with Crippen LogP contribution in [0.4, 0.5) is 0 Å². The highest BCUT2D eigenvalue weighted by Crippen LogP contribution is 2.03. The summed E-state index contributed by atoms with van der Waals surface area (Å²) in [5.74, 6) is 0.636. The van der Waals surface area contributed by atoms with E-state index in [1.807, 2.05) is 6.92 Å². The highest BCUT2D eigenvalue weighted by Gasteiger charge is 2.02. The van der Waals surface area contributed by atoms with Crippen molar-refractivity contribution in [3.63, 3.8) is 0 Å². The lowest BCUT2D eigenvalue weighted by Gasteiger charge is -2.10. The molecule has 0 aromatic rings. The van der Waals surface area contributed by atoms with E-state index in [0.717, 1.165) is 0 Å². The minimum absolute atomic E-state index is 0.131. The minimum Gasteiger partial charge on any atom is -0.487 e. The summed E-state index contributed by atoms with van der Waals surface area (Å²) in [5, 5.41) is 18.1. The van der Waals surface area contributed by atoms with Crippen molar-refractivity contribution in [1.82, 2.24) is 0 Å². The summed E-state index contributed by atoms with van der Waals surface area (Å²) < 4.78 is 15.6. The van der Waals surface area contributed by atoms with Crippen molar-refractivity contribution in [2.24, 2.45) is 0 Å². The van der Waals surface area contributed by atoms with Crippen molar-refractivity contribution in [2.75, 3.05) is 19.8 Å². The maximum Gasteiger partial charge on any atom is 0.331 e. The fraction of sp³-hybridized carbons (Fsp3) is 0.750. The zero-order chi connectivity index (χ0) is 13.3. The van der Waals surface area contributed by atoms with Crippen LogP contribution >= 0.6 is 0 Å². The van der Waals surface area contributed by atoms with Gasteiger partial charge in [-0.3, -0.25) is 0 Å². The van der Waals surface area contributed by atoms with Crippen molar-refractivity contribution >= 4 is 0 Å². The Hall–Kier alpha value is -1.16. The molecule has 0 saturated carbocycles. The average molecular weight is 246 g/mol. The van der Waals surface area contributed by atoms with Crippen LogP contribution in [0.2, 0.25) is 0 Å². The first-order valence-corrected chi connectivity index (χ1v) is 5.67. The van der Waals surface area contributed by atoms with Crippen LogP contribution in [-0.4, -0.2) is 42.2 Å². The zero-order valence-corrected chi connectivity index (χ0v) is 10.9. The molecule has 5 nitrogen and oxygen atoms in total. The van der Waals surface area contributed by atoms with E-state index < -0.39 is 12.2 Å². The minimum atomic E-state index is -0.578. The van der Waals surface area contributed by atoms with Gasteiger partial charge in [0.25, 0.3) is 0 Å². The molecule has 0 saturated heterocycles. The standard InChI is InChI=1S/C12H22O5/c1-5-15-12(17-8-10(3)14)6-11(4)16-7-9(2)13/h9-10,13-14H,5,7-8H2,1-4H3. The Labute approximate surface area is 102 Å². The Balaban J connectivity index is 4.46. The van der Waals surface area contributed by atoms with E-state index in [9.17, 15) is 0 Å². The lowest BCUT2D eigenvalue weighted by Crippen LogP contribution is -2.11. The maximum atomic E-state index is 9.09. The van der Waals surface area contributed by atoms with Gasteiger partial charge < -0.3 is 24.4 Å². The van der Waals surface area contributed by atoms with Crippen LogP contribution < -0.4 is 0 Å². The van der Waals surface area contributed by atoms with Gasteiger partial charge in [-0.05, 0) is 20.8 Å². The molecule has 2 atom stereocenters. The van der Waals surface area contributed by atoms with Gasteiger partial charge in [0.2, 0.25) is 0 Å². The summed E-state index contributed by atoms with van der Waals surface area (Å²) in [4.78, 5) is 0. The van der Waals surface area contributed by atoms with Gasteiger partial charge in [-0.25, -0.2) is 0 Å². The van der Waals surface area contributed by atoms with Gasteiger partial charge in [0.05, 0.1) is 18.8 Å². The van der Waals surface area contributed by atoms with Gasteiger partial charge in [0.15, 0.2) is 0 Å². The molecule has 0 fully saturated rings. The average Bonchev–Trinajstić information content (AvgIpc) is 2.23. The van der Waals surface area contributed by atoms with Gasteiger partial charge >= 0.3 is 5.95 Å². The molecule has 0 heterocycles. The van der Waals surface area contributed by atoms with Crippen LogP contribution in [0.15, 0.2) is 17.4 Å². The molecule has 0 amide bonds. The summed E-state index contributed by atoms with van der Waals surface area (Å²) in [5.41, 5.74) is 2.77. The highest BCUT2D eigenvalue weighted by molar-refractivity contribution is 4.92. The maximum absolute atomic E-state index is 9.09. The third kappa shape index (κ3) is 9.75. The second-order valence-electron chi connectivity index (χ2n) is 3.72. The van der Waals surface area contributed by atoms with E-state index in [1.54, 1.807) is 20.8 Å². The SMILES string of the molecule is CCOC(=C=C(C)OCC(C)O)OCC(C)O. The van der Waals surface area contributed by atoms with Crippen molar-refractivity contribution in [1.29, 1.82) is 0 Å². The lowest BCUT2D eigenvalue weighted by molar-refractivity contribution is 0.00164. The molecular formula is C12H22O5. The molecule has 17 heavy (non-hydrogen) atoms. The fourth-order valence-corrected chi connectivity index (χ4v) is 0.867. The van der Waals surface area contributed by atoms with Crippen LogP contribution in [0.25, 0.3) is 0 Å². The van der Waals surface area contributed by atoms with E-state index in [1.165, 1.54) is 0 Å². The van der Waals surface area contributed by atoms with Crippen molar-refractivity contribution in [2.45, 2.75) is 39.9 Å². The number of aliphatic hydroxyl groups excluding tert-OH is 2. The van der Waals surface area contributed by atoms with Crippen LogP contribution in [0, 0.1) is 0 Å². The Kier molecular flexibility index (Phi) is 8.32. The van der Waals surface area contributed by atoms with Crippen molar-refractivity contribution in [3.8, 4) is 0 Å². The summed E-state index contributed by atoms with van der Waals surface area (Å²) >= 11 is 0. The number of hydrogen-bond donors (Lipinski definition) is 2. The van der Waals surface area contributed by atoms with Gasteiger partial charge in [0, 0.05) is 12.7 Å². The second-order valence-corrected chi connectivity index (χ2v) is 3.72. The zero-order valence-electron chi connectivity index (χ0n) is 10.9. The molecule has 0 aromatic heterocycles.